The van der Waals surface area contributed by atoms with Crippen LogP contribution in [-0.4, -0.2) is 99.7 Å². The van der Waals surface area contributed by atoms with Crippen molar-refractivity contribution in [2.24, 2.45) is 5.92 Å². The first-order valence-corrected chi connectivity index (χ1v) is 16.0. The Morgan fingerprint density at radius 3 is 2.37 bits per heavy atom. The first-order valence-electron chi connectivity index (χ1n) is 16.0. The molecular formula is C33H48N6O4. The van der Waals surface area contributed by atoms with E-state index < -0.39 is 11.6 Å². The smallest absolute Gasteiger partial charge is 0.254 e. The van der Waals surface area contributed by atoms with Crippen LogP contribution in [0, 0.1) is 19.8 Å². The van der Waals surface area contributed by atoms with Gasteiger partial charge in [0.05, 0.1) is 24.6 Å². The van der Waals surface area contributed by atoms with E-state index >= 15 is 0 Å². The van der Waals surface area contributed by atoms with E-state index in [2.05, 4.69) is 37.9 Å². The van der Waals surface area contributed by atoms with E-state index in [1.54, 1.807) is 0 Å². The molecule has 0 bridgehead atoms. The number of likely N-dealkylation sites (tertiary alicyclic amines) is 1. The Bertz CT molecular complexity index is 1310. The molecule has 0 unspecified atom stereocenters. The minimum atomic E-state index is -0.759. The number of aromatic nitrogens is 2. The van der Waals surface area contributed by atoms with Crippen molar-refractivity contribution in [3.05, 3.63) is 46.8 Å². The molecule has 3 saturated heterocycles. The number of morpholine rings is 1. The molecule has 1 aromatic heterocycles. The van der Waals surface area contributed by atoms with Gasteiger partial charge in [0.25, 0.3) is 5.91 Å². The fourth-order valence-electron chi connectivity index (χ4n) is 6.80. The third kappa shape index (κ3) is 6.36. The molecule has 1 spiro atoms. The zero-order valence-electron chi connectivity index (χ0n) is 26.5. The second-order valence-electron chi connectivity index (χ2n) is 12.8. The van der Waals surface area contributed by atoms with E-state index in [9.17, 15) is 14.4 Å². The molecule has 1 atom stereocenters. The van der Waals surface area contributed by atoms with Crippen molar-refractivity contribution in [1.29, 1.82) is 0 Å². The number of amides is 3. The summed E-state index contributed by atoms with van der Waals surface area (Å²) in [6.45, 7) is 15.7. The predicted octanol–water partition coefficient (Wildman–Crippen LogP) is 3.47. The summed E-state index contributed by atoms with van der Waals surface area (Å²) in [4.78, 5) is 46.2. The number of rotatable bonds is 9. The number of piperidine rings is 1. The van der Waals surface area contributed by atoms with Crippen LogP contribution in [0.2, 0.25) is 0 Å². The Kier molecular flexibility index (Phi) is 9.56. The first-order chi connectivity index (χ1) is 20.6. The van der Waals surface area contributed by atoms with Gasteiger partial charge >= 0.3 is 0 Å². The number of carbonyl (C=O) groups excluding carboxylic acids is 3. The first kappa shape index (κ1) is 31.2. The van der Waals surface area contributed by atoms with Gasteiger partial charge in [0.15, 0.2) is 0 Å². The zero-order valence-corrected chi connectivity index (χ0v) is 26.5. The summed E-state index contributed by atoms with van der Waals surface area (Å²) in [6, 6.07) is 7.24. The quantitative estimate of drug-likeness (QED) is 0.479. The van der Waals surface area contributed by atoms with Crippen LogP contribution in [0.1, 0.15) is 80.2 Å². The molecule has 0 radical (unpaired) electrons. The van der Waals surface area contributed by atoms with Crippen LogP contribution in [0.4, 0.5) is 0 Å². The van der Waals surface area contributed by atoms with E-state index in [0.29, 0.717) is 63.6 Å². The number of hydrogen-bond acceptors (Lipinski definition) is 6. The highest BCUT2D eigenvalue weighted by atomic mass is 16.5. The SMILES string of the molecule is CCCCN1C(=O)[C@H](CC(C)C)NC(=O)C12CCN(Cc1c(C)nn(-c3ccc(C(=O)N4CCOCC4)cc3)c1C)CC2. The lowest BCUT2D eigenvalue weighted by atomic mass is 9.80. The number of nitrogens with one attached hydrogen (secondary N) is 1. The van der Waals surface area contributed by atoms with Crippen LogP contribution in [0.5, 0.6) is 0 Å². The summed E-state index contributed by atoms with van der Waals surface area (Å²) >= 11 is 0. The monoisotopic (exact) mass is 592 g/mol. The van der Waals surface area contributed by atoms with Crippen LogP contribution in [0.25, 0.3) is 5.69 Å². The Balaban J connectivity index is 1.26. The van der Waals surface area contributed by atoms with Crippen LogP contribution < -0.4 is 5.32 Å². The molecule has 0 saturated carbocycles. The van der Waals surface area contributed by atoms with Crippen LogP contribution >= 0.6 is 0 Å². The maximum atomic E-state index is 13.6. The van der Waals surface area contributed by atoms with Crippen LogP contribution in [0.3, 0.4) is 0 Å². The molecule has 2 aromatic rings. The molecule has 3 aliphatic rings. The molecule has 4 heterocycles. The molecule has 10 heteroatoms. The summed E-state index contributed by atoms with van der Waals surface area (Å²) < 4.78 is 7.33. The van der Waals surface area contributed by atoms with Crippen LogP contribution in [0.15, 0.2) is 24.3 Å². The van der Waals surface area contributed by atoms with E-state index in [1.807, 2.05) is 45.7 Å². The van der Waals surface area contributed by atoms with Gasteiger partial charge in [0.1, 0.15) is 11.6 Å². The van der Waals surface area contributed by atoms with E-state index in [0.717, 1.165) is 49.6 Å². The molecule has 10 nitrogen and oxygen atoms in total. The number of nitrogens with zero attached hydrogens (tertiary/aromatic N) is 5. The summed E-state index contributed by atoms with van der Waals surface area (Å²) in [6.07, 6.45) is 3.82. The highest BCUT2D eigenvalue weighted by Crippen LogP contribution is 2.35. The maximum absolute atomic E-state index is 13.6. The van der Waals surface area contributed by atoms with E-state index in [1.165, 1.54) is 5.56 Å². The summed E-state index contributed by atoms with van der Waals surface area (Å²) in [5, 5.41) is 7.96. The molecule has 1 aromatic carbocycles. The van der Waals surface area contributed by atoms with Crippen molar-refractivity contribution in [2.45, 2.75) is 84.8 Å². The second kappa shape index (κ2) is 13.2. The molecule has 234 valence electrons. The maximum Gasteiger partial charge on any atom is 0.254 e. The minimum absolute atomic E-state index is 0.0178. The molecule has 3 amide bonds. The second-order valence-corrected chi connectivity index (χ2v) is 12.8. The number of carbonyl (C=O) groups is 3. The Morgan fingerprint density at radius 1 is 1.07 bits per heavy atom. The molecule has 3 aliphatic heterocycles. The van der Waals surface area contributed by atoms with Gasteiger partial charge in [-0.1, -0.05) is 27.2 Å². The number of benzene rings is 1. The van der Waals surface area contributed by atoms with Crippen molar-refractivity contribution in [3.63, 3.8) is 0 Å². The van der Waals surface area contributed by atoms with Crippen molar-refractivity contribution in [1.82, 2.24) is 29.8 Å². The number of piperazine rings is 1. The largest absolute Gasteiger partial charge is 0.378 e. The third-order valence-corrected chi connectivity index (χ3v) is 9.41. The third-order valence-electron chi connectivity index (χ3n) is 9.41. The van der Waals surface area contributed by atoms with Gasteiger partial charge in [-0.3, -0.25) is 19.3 Å². The number of aryl methyl sites for hydroxylation is 1. The number of ether oxygens (including phenoxy) is 1. The zero-order chi connectivity index (χ0) is 30.7. The Labute approximate surface area is 255 Å². The van der Waals surface area contributed by atoms with Gasteiger partial charge in [0, 0.05) is 56.1 Å². The topological polar surface area (TPSA) is 100 Å². The standard InChI is InChI=1S/C33H48N6O4/c1-6-7-14-38-31(41)29(21-23(2)3)34-32(42)33(38)12-15-36(16-13-33)22-28-24(4)35-39(25(28)5)27-10-8-26(9-11-27)30(40)37-17-19-43-20-18-37/h8-11,23,29H,6-7,12-22H2,1-5H3,(H,34,42)/t29-/m0/s1. The van der Waals surface area contributed by atoms with Crippen molar-refractivity contribution in [3.8, 4) is 5.69 Å². The van der Waals surface area contributed by atoms with Gasteiger partial charge < -0.3 is 19.9 Å². The van der Waals surface area contributed by atoms with E-state index in [4.69, 9.17) is 9.84 Å². The lowest BCUT2D eigenvalue weighted by molar-refractivity contribution is -0.161. The van der Waals surface area contributed by atoms with Gasteiger partial charge in [-0.05, 0) is 69.7 Å². The van der Waals surface area contributed by atoms with Crippen molar-refractivity contribution >= 4 is 17.7 Å². The van der Waals surface area contributed by atoms with Gasteiger partial charge in [-0.2, -0.15) is 5.10 Å². The predicted molar refractivity (Wildman–Crippen MR) is 165 cm³/mol. The number of hydrogen-bond donors (Lipinski definition) is 1. The number of unbranched alkanes of at least 4 members (excludes halogenated alkanes) is 1. The fourth-order valence-corrected chi connectivity index (χ4v) is 6.80. The molecular weight excluding hydrogens is 544 g/mol. The normalized spacial score (nSPS) is 21.1. The Morgan fingerprint density at radius 2 is 1.74 bits per heavy atom. The summed E-state index contributed by atoms with van der Waals surface area (Å²) in [7, 11) is 0. The average molecular weight is 593 g/mol. The minimum Gasteiger partial charge on any atom is -0.378 e. The Hall–Kier alpha value is -3.24. The summed E-state index contributed by atoms with van der Waals surface area (Å²) in [5.41, 5.74) is 4.04. The van der Waals surface area contributed by atoms with Gasteiger partial charge in [-0.25, -0.2) is 4.68 Å². The van der Waals surface area contributed by atoms with Crippen LogP contribution in [-0.2, 0) is 20.9 Å². The molecule has 43 heavy (non-hydrogen) atoms. The summed E-state index contributed by atoms with van der Waals surface area (Å²) in [5.74, 6) is 0.468. The lowest BCUT2D eigenvalue weighted by Gasteiger charge is -2.52. The molecule has 5 rings (SSSR count). The molecule has 3 fully saturated rings. The average Bonchev–Trinajstić information content (AvgIpc) is 3.29. The van der Waals surface area contributed by atoms with Crippen molar-refractivity contribution in [2.75, 3.05) is 45.9 Å². The van der Waals surface area contributed by atoms with E-state index in [-0.39, 0.29) is 17.7 Å². The lowest BCUT2D eigenvalue weighted by Crippen LogP contribution is -2.73. The van der Waals surface area contributed by atoms with Gasteiger partial charge in [0.2, 0.25) is 11.8 Å². The fraction of sp³-hybridized carbons (Fsp3) is 0.636. The molecule has 1 N–H and O–H groups in total. The highest BCUT2D eigenvalue weighted by Gasteiger charge is 2.53. The van der Waals surface area contributed by atoms with Crippen molar-refractivity contribution < 1.29 is 19.1 Å². The molecule has 0 aliphatic carbocycles. The van der Waals surface area contributed by atoms with Gasteiger partial charge in [-0.15, -0.1) is 0 Å². The highest BCUT2D eigenvalue weighted by molar-refractivity contribution is 6.00.